The molecule has 1 aliphatic carbocycles. The van der Waals surface area contributed by atoms with Crippen molar-refractivity contribution in [3.8, 4) is 0 Å². The van der Waals surface area contributed by atoms with E-state index >= 15 is 0 Å². The maximum Gasteiger partial charge on any atom is 0.262 e. The lowest BCUT2D eigenvalue weighted by atomic mass is 9.94. The molecule has 262 valence electrons. The number of aryl methyl sites for hydroxylation is 2. The summed E-state index contributed by atoms with van der Waals surface area (Å²) in [5.41, 5.74) is 5.88. The highest BCUT2D eigenvalue weighted by atomic mass is 35.5. The van der Waals surface area contributed by atoms with Gasteiger partial charge in [0.25, 0.3) is 5.01 Å². The second-order valence-corrected chi connectivity index (χ2v) is 16.6. The number of halogens is 1. The van der Waals surface area contributed by atoms with Crippen molar-refractivity contribution >= 4 is 88.3 Å². The first kappa shape index (κ1) is 35.9. The average Bonchev–Trinajstić information content (AvgIpc) is 3.65. The number of thioether (sulfide) groups is 1. The first-order valence-electron chi connectivity index (χ1n) is 17.0. The van der Waals surface area contributed by atoms with E-state index in [1.165, 1.54) is 75.7 Å². The van der Waals surface area contributed by atoms with E-state index in [1.807, 2.05) is 30.0 Å². The van der Waals surface area contributed by atoms with Crippen LogP contribution in [0.25, 0.3) is 37.8 Å². The lowest BCUT2D eigenvalue weighted by Gasteiger charge is -2.16. The van der Waals surface area contributed by atoms with Crippen LogP contribution in [0.2, 0.25) is 0 Å². The first-order valence-corrected chi connectivity index (χ1v) is 20.4. The number of nitrogens with zero attached hydrogens (tertiary/aromatic N) is 2. The van der Waals surface area contributed by atoms with Gasteiger partial charge in [-0.3, -0.25) is 0 Å². The minimum absolute atomic E-state index is 0.178. The van der Waals surface area contributed by atoms with E-state index in [9.17, 15) is 13.0 Å². The molecule has 0 N–H and O–H groups in total. The van der Waals surface area contributed by atoms with Crippen molar-refractivity contribution < 1.29 is 17.5 Å². The van der Waals surface area contributed by atoms with Crippen molar-refractivity contribution in [3.05, 3.63) is 159 Å². The normalized spacial score (nSPS) is 16.6. The highest BCUT2D eigenvalue weighted by Gasteiger charge is 2.23. The third-order valence-electron chi connectivity index (χ3n) is 9.35. The Hall–Kier alpha value is -4.44. The Morgan fingerprint density at radius 3 is 2.25 bits per heavy atom. The molecule has 0 bridgehead atoms. The minimum atomic E-state index is -4.27. The number of anilines is 1. The second kappa shape index (κ2) is 15.3. The molecule has 0 saturated carbocycles. The predicted molar refractivity (Wildman–Crippen MR) is 219 cm³/mol. The second-order valence-electron chi connectivity index (χ2n) is 12.8. The van der Waals surface area contributed by atoms with Gasteiger partial charge in [0.05, 0.1) is 15.6 Å². The van der Waals surface area contributed by atoms with Crippen molar-refractivity contribution in [1.29, 1.82) is 0 Å². The maximum absolute atomic E-state index is 10.4. The summed E-state index contributed by atoms with van der Waals surface area (Å²) in [5, 5.41) is 8.54. The van der Waals surface area contributed by atoms with Crippen LogP contribution in [0, 0.1) is 6.92 Å². The molecule has 0 radical (unpaired) electrons. The SMILES string of the molecule is CN1/C(=C/C=C/C=C2\CCCC(/C=C/c3sc4c5ccccc5ccc4[n+]3C)=C2Cl)Sc2c1ccc1ccccc21.Cc1ccc(S(=O)(=O)[O-])cc1. The van der Waals surface area contributed by atoms with Crippen LogP contribution in [0.3, 0.4) is 0 Å². The quantitative estimate of drug-likeness (QED) is 0.129. The Kier molecular flexibility index (Phi) is 10.6. The van der Waals surface area contributed by atoms with Crippen LogP contribution in [-0.4, -0.2) is 20.0 Å². The molecule has 2 heterocycles. The first-order chi connectivity index (χ1) is 25.1. The van der Waals surface area contributed by atoms with Crippen LogP contribution in [0.1, 0.15) is 29.8 Å². The van der Waals surface area contributed by atoms with Crippen molar-refractivity contribution in [2.75, 3.05) is 11.9 Å². The molecule has 0 fully saturated rings. The number of hydrogen-bond donors (Lipinski definition) is 0. The number of fused-ring (bicyclic) bond motifs is 6. The zero-order valence-electron chi connectivity index (χ0n) is 29.0. The molecule has 0 spiro atoms. The Bertz CT molecular complexity index is 2600. The highest BCUT2D eigenvalue weighted by molar-refractivity contribution is 8.04. The van der Waals surface area contributed by atoms with Gasteiger partial charge in [0.1, 0.15) is 21.9 Å². The lowest BCUT2D eigenvalue weighted by Crippen LogP contribution is -2.28. The molecular formula is C43H37ClN2O3S3. The highest BCUT2D eigenvalue weighted by Crippen LogP contribution is 2.48. The van der Waals surface area contributed by atoms with E-state index in [0.717, 1.165) is 29.9 Å². The van der Waals surface area contributed by atoms with E-state index in [2.05, 4.69) is 133 Å². The molecule has 8 rings (SSSR count). The van der Waals surface area contributed by atoms with Crippen LogP contribution in [0.15, 0.2) is 158 Å². The molecule has 6 aromatic rings. The van der Waals surface area contributed by atoms with Crippen molar-refractivity contribution in [2.24, 2.45) is 7.05 Å². The number of allylic oxidation sites excluding steroid dienone is 8. The maximum atomic E-state index is 10.4. The molecule has 0 unspecified atom stereocenters. The fourth-order valence-corrected chi connectivity index (χ4v) is 9.64. The molecule has 1 aromatic heterocycles. The Balaban J connectivity index is 0.000000329. The molecule has 52 heavy (non-hydrogen) atoms. The van der Waals surface area contributed by atoms with Gasteiger partial charge in [-0.05, 0) is 83.8 Å². The number of benzene rings is 5. The monoisotopic (exact) mass is 760 g/mol. The topological polar surface area (TPSA) is 64.3 Å². The third kappa shape index (κ3) is 7.54. The summed E-state index contributed by atoms with van der Waals surface area (Å²) in [6.07, 6.45) is 16.2. The molecule has 0 amide bonds. The summed E-state index contributed by atoms with van der Waals surface area (Å²) < 4.78 is 34.8. The van der Waals surface area contributed by atoms with Gasteiger partial charge >= 0.3 is 0 Å². The number of hydrogen-bond acceptors (Lipinski definition) is 6. The van der Waals surface area contributed by atoms with E-state index in [1.54, 1.807) is 12.1 Å². The zero-order valence-corrected chi connectivity index (χ0v) is 32.3. The van der Waals surface area contributed by atoms with Crippen LogP contribution in [0.4, 0.5) is 5.69 Å². The summed E-state index contributed by atoms with van der Waals surface area (Å²) in [4.78, 5) is 3.43. The fraction of sp³-hybridized carbons (Fsp3) is 0.140. The number of rotatable bonds is 5. The van der Waals surface area contributed by atoms with Gasteiger partial charge < -0.3 is 9.45 Å². The van der Waals surface area contributed by atoms with Crippen LogP contribution >= 0.6 is 34.7 Å². The molecule has 2 aliphatic rings. The minimum Gasteiger partial charge on any atom is -0.744 e. The van der Waals surface area contributed by atoms with E-state index < -0.39 is 10.1 Å². The average molecular weight is 761 g/mol. The van der Waals surface area contributed by atoms with Gasteiger partial charge in [-0.15, -0.1) is 0 Å². The lowest BCUT2D eigenvalue weighted by molar-refractivity contribution is -0.642. The van der Waals surface area contributed by atoms with Gasteiger partial charge in [-0.1, -0.05) is 131 Å². The number of thiazole rings is 1. The van der Waals surface area contributed by atoms with E-state index in [0.29, 0.717) is 0 Å². The Morgan fingerprint density at radius 1 is 0.827 bits per heavy atom. The third-order valence-corrected chi connectivity index (χ3v) is 13.2. The molecule has 9 heteroatoms. The summed E-state index contributed by atoms with van der Waals surface area (Å²) in [6, 6.07) is 31.9. The van der Waals surface area contributed by atoms with Crippen molar-refractivity contribution in [2.45, 2.75) is 36.0 Å². The summed E-state index contributed by atoms with van der Waals surface area (Å²) in [6.45, 7) is 1.82. The molecular weight excluding hydrogens is 724 g/mol. The van der Waals surface area contributed by atoms with Crippen LogP contribution < -0.4 is 9.47 Å². The van der Waals surface area contributed by atoms with Gasteiger partial charge in [0, 0.05) is 34.5 Å². The largest absolute Gasteiger partial charge is 0.744 e. The van der Waals surface area contributed by atoms with Crippen LogP contribution in [-0.2, 0) is 17.2 Å². The smallest absolute Gasteiger partial charge is 0.262 e. The molecule has 0 atom stereocenters. The summed E-state index contributed by atoms with van der Waals surface area (Å²) >= 11 is 10.6. The molecule has 5 nitrogen and oxygen atoms in total. The van der Waals surface area contributed by atoms with E-state index in [-0.39, 0.29) is 4.90 Å². The van der Waals surface area contributed by atoms with Crippen molar-refractivity contribution in [1.82, 2.24) is 0 Å². The standard InChI is InChI=1S/C36H30ClN2S2.C7H8O3S/c1-38-30-21-18-24-10-3-6-15-28(24)35(30)40-32(38)17-8-5-12-26-13-9-14-27(34(26)37)20-23-33-39(2)31-22-19-25-11-4-7-16-29(25)36(31)41-33;1-6-2-4-7(5-3-6)11(8,9)10/h3-8,10-12,15-23H,9,13-14H2,1-2H3;2-5H,1H3,(H,8,9,10)/q+1;/p-1. The molecule has 1 aliphatic heterocycles. The zero-order chi connectivity index (χ0) is 36.4. The van der Waals surface area contributed by atoms with Gasteiger partial charge in [0.2, 0.25) is 5.52 Å². The Labute approximate surface area is 318 Å². The van der Waals surface area contributed by atoms with Crippen LogP contribution in [0.5, 0.6) is 0 Å². The Morgan fingerprint density at radius 2 is 1.50 bits per heavy atom. The van der Waals surface area contributed by atoms with E-state index in [4.69, 9.17) is 11.6 Å². The predicted octanol–water partition coefficient (Wildman–Crippen LogP) is 11.2. The number of aromatic nitrogens is 1. The molecule has 5 aromatic carbocycles. The van der Waals surface area contributed by atoms with Gasteiger partial charge in [0.15, 0.2) is 0 Å². The summed E-state index contributed by atoms with van der Waals surface area (Å²) in [5.74, 6) is 0. The van der Waals surface area contributed by atoms with Gasteiger partial charge in [-0.25, -0.2) is 8.42 Å². The fourth-order valence-electron chi connectivity index (χ4n) is 6.48. The molecule has 0 saturated heterocycles. The summed E-state index contributed by atoms with van der Waals surface area (Å²) in [7, 11) is 0.0221. The van der Waals surface area contributed by atoms with Gasteiger partial charge in [-0.2, -0.15) is 4.57 Å². The van der Waals surface area contributed by atoms with Crippen molar-refractivity contribution in [3.63, 3.8) is 0 Å².